The molecule has 2 aliphatic carbocycles. The van der Waals surface area contributed by atoms with Gasteiger partial charge in [-0.3, -0.25) is 0 Å². The van der Waals surface area contributed by atoms with Gasteiger partial charge < -0.3 is 0 Å². The summed E-state index contributed by atoms with van der Waals surface area (Å²) in [6.45, 7) is 2.32. The molecule has 2 heteroatoms. The first-order valence-electron chi connectivity index (χ1n) is 11.8. The highest BCUT2D eigenvalue weighted by atomic mass is 19.2. The second-order valence-corrected chi connectivity index (χ2v) is 9.29. The molecule has 0 aromatic heterocycles. The summed E-state index contributed by atoms with van der Waals surface area (Å²) in [5.41, 5.74) is 0.515. The fraction of sp³-hybridized carbons (Fsp3) is 0.630. The van der Waals surface area contributed by atoms with Gasteiger partial charge in [-0.15, -0.1) is 0 Å². The van der Waals surface area contributed by atoms with E-state index < -0.39 is 11.6 Å². The second-order valence-electron chi connectivity index (χ2n) is 9.29. The number of benzene rings is 1. The third kappa shape index (κ3) is 7.29. The molecule has 158 valence electrons. The van der Waals surface area contributed by atoms with Crippen molar-refractivity contribution in [3.05, 3.63) is 47.5 Å². The molecule has 2 saturated carbocycles. The van der Waals surface area contributed by atoms with E-state index in [9.17, 15) is 8.78 Å². The second kappa shape index (κ2) is 11.5. The Kier molecular flexibility index (Phi) is 8.78. The van der Waals surface area contributed by atoms with Gasteiger partial charge in [-0.05, 0) is 73.6 Å². The zero-order chi connectivity index (χ0) is 20.5. The summed E-state index contributed by atoms with van der Waals surface area (Å²) < 4.78 is 26.1. The lowest BCUT2D eigenvalue weighted by molar-refractivity contribution is 0.221. The maximum atomic E-state index is 13.2. The molecule has 0 amide bonds. The molecule has 0 bridgehead atoms. The minimum absolute atomic E-state index is 0.515. The predicted molar refractivity (Wildman–Crippen MR) is 117 cm³/mol. The lowest BCUT2D eigenvalue weighted by Gasteiger charge is -2.31. The van der Waals surface area contributed by atoms with Gasteiger partial charge in [-0.2, -0.15) is 0 Å². The first-order valence-corrected chi connectivity index (χ1v) is 11.8. The van der Waals surface area contributed by atoms with Gasteiger partial charge in [0, 0.05) is 5.56 Å². The molecule has 0 saturated heterocycles. The van der Waals surface area contributed by atoms with Crippen LogP contribution in [0.1, 0.15) is 89.5 Å². The highest BCUT2D eigenvalue weighted by Gasteiger charge is 2.23. The van der Waals surface area contributed by atoms with Crippen LogP contribution in [0.5, 0.6) is 0 Å². The van der Waals surface area contributed by atoms with E-state index in [1.165, 1.54) is 83.1 Å². The van der Waals surface area contributed by atoms with Gasteiger partial charge in [0.15, 0.2) is 11.6 Å². The van der Waals surface area contributed by atoms with E-state index in [1.807, 2.05) is 6.08 Å². The summed E-state index contributed by atoms with van der Waals surface area (Å²) in [6.07, 6.45) is 20.9. The van der Waals surface area contributed by atoms with Crippen LogP contribution in [0.3, 0.4) is 0 Å². The molecule has 2 fully saturated rings. The van der Waals surface area contributed by atoms with E-state index in [0.29, 0.717) is 11.5 Å². The Bertz CT molecular complexity index is 708. The Balaban J connectivity index is 1.33. The van der Waals surface area contributed by atoms with Crippen LogP contribution < -0.4 is 0 Å². The topological polar surface area (TPSA) is 0 Å². The van der Waals surface area contributed by atoms with Crippen LogP contribution >= 0.6 is 0 Å². The maximum Gasteiger partial charge on any atom is 0.160 e. The first-order chi connectivity index (χ1) is 14.1. The predicted octanol–water partition coefficient (Wildman–Crippen LogP) is 8.07. The zero-order valence-electron chi connectivity index (χ0n) is 17.9. The summed E-state index contributed by atoms with van der Waals surface area (Å²) in [5, 5.41) is 0. The summed E-state index contributed by atoms with van der Waals surface area (Å²) in [6, 6.07) is 3.79. The van der Waals surface area contributed by atoms with Crippen molar-refractivity contribution >= 4 is 0 Å². The number of hydrogen-bond acceptors (Lipinski definition) is 0. The van der Waals surface area contributed by atoms with Crippen molar-refractivity contribution in [2.75, 3.05) is 0 Å². The van der Waals surface area contributed by atoms with Crippen LogP contribution in [0.2, 0.25) is 0 Å². The lowest BCUT2D eigenvalue weighted by atomic mass is 9.75. The molecule has 0 spiro atoms. The molecule has 0 radical (unpaired) electrons. The molecular weight excluding hydrogens is 362 g/mol. The fourth-order valence-electron chi connectivity index (χ4n) is 5.24. The Labute approximate surface area is 176 Å². The number of rotatable bonds is 6. The summed E-state index contributed by atoms with van der Waals surface area (Å²) >= 11 is 0. The smallest absolute Gasteiger partial charge is 0.160 e. The molecule has 1 aromatic carbocycles. The molecule has 0 unspecified atom stereocenters. The number of allylic oxidation sites excluding steroid dienone is 2. The molecule has 1 aromatic rings. The third-order valence-corrected chi connectivity index (χ3v) is 7.13. The fourth-order valence-corrected chi connectivity index (χ4v) is 5.24. The van der Waals surface area contributed by atoms with Crippen molar-refractivity contribution in [2.45, 2.75) is 84.0 Å². The van der Waals surface area contributed by atoms with Crippen LogP contribution in [-0.2, 0) is 0 Å². The first kappa shape index (κ1) is 22.1. The Morgan fingerprint density at radius 1 is 0.828 bits per heavy atom. The average molecular weight is 399 g/mol. The van der Waals surface area contributed by atoms with Gasteiger partial charge in [0.25, 0.3) is 0 Å². The Morgan fingerprint density at radius 3 is 2.00 bits per heavy atom. The number of hydrogen-bond donors (Lipinski definition) is 0. The summed E-state index contributed by atoms with van der Waals surface area (Å²) in [5.74, 6) is 7.73. The summed E-state index contributed by atoms with van der Waals surface area (Å²) in [7, 11) is 0. The normalized spacial score (nSPS) is 27.6. The van der Waals surface area contributed by atoms with Gasteiger partial charge in [0.05, 0.1) is 0 Å². The van der Waals surface area contributed by atoms with E-state index in [2.05, 4.69) is 24.8 Å². The molecule has 3 rings (SSSR count). The van der Waals surface area contributed by atoms with E-state index >= 15 is 0 Å². The SMILES string of the molecule is CCC[C@H]1CC[C@H](CCC2CCC(/C=C/C#Cc3ccc(F)c(F)c3)CC2)CC1. The van der Waals surface area contributed by atoms with E-state index in [1.54, 1.807) is 0 Å². The van der Waals surface area contributed by atoms with Crippen LogP contribution in [0.15, 0.2) is 30.4 Å². The van der Waals surface area contributed by atoms with Crippen molar-refractivity contribution in [1.29, 1.82) is 0 Å². The van der Waals surface area contributed by atoms with Gasteiger partial charge in [0.1, 0.15) is 0 Å². The molecule has 0 atom stereocenters. The minimum atomic E-state index is -0.840. The molecule has 0 heterocycles. The lowest BCUT2D eigenvalue weighted by Crippen LogP contribution is -2.17. The average Bonchev–Trinajstić information content (AvgIpc) is 2.74. The largest absolute Gasteiger partial charge is 0.204 e. The van der Waals surface area contributed by atoms with Crippen LogP contribution in [-0.4, -0.2) is 0 Å². The zero-order valence-corrected chi connectivity index (χ0v) is 17.9. The minimum Gasteiger partial charge on any atom is -0.204 e. The van der Waals surface area contributed by atoms with E-state index in [4.69, 9.17) is 0 Å². The quantitative estimate of drug-likeness (QED) is 0.425. The van der Waals surface area contributed by atoms with Crippen LogP contribution in [0.4, 0.5) is 8.78 Å². The maximum absolute atomic E-state index is 13.2. The highest BCUT2D eigenvalue weighted by molar-refractivity contribution is 5.37. The molecule has 0 nitrogen and oxygen atoms in total. The summed E-state index contributed by atoms with van der Waals surface area (Å²) in [4.78, 5) is 0. The van der Waals surface area contributed by atoms with Crippen molar-refractivity contribution in [2.24, 2.45) is 23.7 Å². The Hall–Kier alpha value is -1.62. The molecule has 29 heavy (non-hydrogen) atoms. The van der Waals surface area contributed by atoms with Gasteiger partial charge in [-0.1, -0.05) is 76.2 Å². The molecule has 2 aliphatic rings. The van der Waals surface area contributed by atoms with Crippen molar-refractivity contribution in [1.82, 2.24) is 0 Å². The molecule has 0 N–H and O–H groups in total. The number of halogens is 2. The third-order valence-electron chi connectivity index (χ3n) is 7.13. The highest BCUT2D eigenvalue weighted by Crippen LogP contribution is 2.37. The monoisotopic (exact) mass is 398 g/mol. The van der Waals surface area contributed by atoms with Gasteiger partial charge >= 0.3 is 0 Å². The van der Waals surface area contributed by atoms with E-state index in [0.717, 1.165) is 29.9 Å². The molecule has 0 aliphatic heterocycles. The van der Waals surface area contributed by atoms with Crippen molar-refractivity contribution in [3.63, 3.8) is 0 Å². The van der Waals surface area contributed by atoms with Crippen LogP contribution in [0, 0.1) is 47.1 Å². The van der Waals surface area contributed by atoms with Crippen molar-refractivity contribution in [3.8, 4) is 11.8 Å². The Morgan fingerprint density at radius 2 is 1.41 bits per heavy atom. The van der Waals surface area contributed by atoms with Gasteiger partial charge in [-0.25, -0.2) is 8.78 Å². The molecular formula is C27H36F2. The van der Waals surface area contributed by atoms with Crippen molar-refractivity contribution < 1.29 is 8.78 Å². The standard InChI is InChI=1S/C27H36F2/c1-2-5-21-8-12-23(13-9-21)16-17-24-14-10-22(11-15-24)6-3-4-7-25-18-19-26(28)27(29)20-25/h3,6,18-24H,2,5,8-17H2,1H3/b6-3+/t21-,22?,23-,24?. The van der Waals surface area contributed by atoms with E-state index in [-0.39, 0.29) is 0 Å². The van der Waals surface area contributed by atoms with Crippen LogP contribution in [0.25, 0.3) is 0 Å². The van der Waals surface area contributed by atoms with Gasteiger partial charge in [0.2, 0.25) is 0 Å².